The molecule has 0 spiro atoms. The first-order valence-corrected chi connectivity index (χ1v) is 5.97. The van der Waals surface area contributed by atoms with Crippen molar-refractivity contribution < 1.29 is 15.0 Å². The predicted molar refractivity (Wildman–Crippen MR) is 64.6 cm³/mol. The number of Topliss-reactive ketones (excluding diaryl/α,β-unsaturated/α-hetero) is 1. The van der Waals surface area contributed by atoms with E-state index in [1.807, 2.05) is 0 Å². The van der Waals surface area contributed by atoms with Crippen LogP contribution in [-0.4, -0.2) is 34.0 Å². The fourth-order valence-electron chi connectivity index (χ4n) is 1.29. The van der Waals surface area contributed by atoms with E-state index in [0.29, 0.717) is 11.1 Å². The van der Waals surface area contributed by atoms with Crippen molar-refractivity contribution in [1.29, 1.82) is 0 Å². The molecular weight excluding hydrogens is 274 g/mol. The lowest BCUT2D eigenvalue weighted by atomic mass is 10.0. The molecule has 0 aliphatic carbocycles. The SMILES string of the molecule is NCC(=O)c1ccc(C(O)C(O)CBr)cc1. The number of carbonyl (C=O) groups is 1. The number of alkyl halides is 1. The van der Waals surface area contributed by atoms with E-state index >= 15 is 0 Å². The van der Waals surface area contributed by atoms with E-state index < -0.39 is 12.2 Å². The highest BCUT2D eigenvalue weighted by Gasteiger charge is 2.17. The van der Waals surface area contributed by atoms with Gasteiger partial charge in [0.25, 0.3) is 0 Å². The number of ketones is 1. The molecule has 0 bridgehead atoms. The zero-order valence-corrected chi connectivity index (χ0v) is 10.2. The molecule has 0 radical (unpaired) electrons. The first-order chi connectivity index (χ1) is 7.60. The molecule has 88 valence electrons. The molecule has 0 fully saturated rings. The molecule has 2 atom stereocenters. The summed E-state index contributed by atoms with van der Waals surface area (Å²) in [7, 11) is 0. The number of hydrogen-bond donors (Lipinski definition) is 3. The summed E-state index contributed by atoms with van der Waals surface area (Å²) in [6.45, 7) is -0.0358. The van der Waals surface area contributed by atoms with Gasteiger partial charge in [-0.1, -0.05) is 40.2 Å². The van der Waals surface area contributed by atoms with Gasteiger partial charge in [0.2, 0.25) is 0 Å². The Morgan fingerprint density at radius 2 is 1.88 bits per heavy atom. The molecule has 0 aromatic heterocycles. The van der Waals surface area contributed by atoms with Crippen molar-refractivity contribution in [2.24, 2.45) is 5.73 Å². The van der Waals surface area contributed by atoms with Crippen molar-refractivity contribution in [3.63, 3.8) is 0 Å². The Balaban J connectivity index is 2.82. The van der Waals surface area contributed by atoms with Crippen molar-refractivity contribution in [1.82, 2.24) is 0 Å². The second-order valence-electron chi connectivity index (χ2n) is 3.42. The fraction of sp³-hybridized carbons (Fsp3) is 0.364. The topological polar surface area (TPSA) is 83.6 Å². The molecule has 4 nitrogen and oxygen atoms in total. The van der Waals surface area contributed by atoms with E-state index in [1.165, 1.54) is 0 Å². The standard InChI is InChI=1S/C11H14BrNO3/c12-5-9(14)11(16)8-3-1-7(2-4-8)10(15)6-13/h1-4,9,11,14,16H,5-6,13H2. The Morgan fingerprint density at radius 1 is 1.31 bits per heavy atom. The normalized spacial score (nSPS) is 14.5. The lowest BCUT2D eigenvalue weighted by Gasteiger charge is -2.15. The minimum Gasteiger partial charge on any atom is -0.389 e. The van der Waals surface area contributed by atoms with Gasteiger partial charge in [0.15, 0.2) is 5.78 Å². The number of nitrogens with two attached hydrogens (primary N) is 1. The van der Waals surface area contributed by atoms with Gasteiger partial charge in [0, 0.05) is 10.9 Å². The minimum absolute atomic E-state index is 0.0358. The first-order valence-electron chi connectivity index (χ1n) is 4.85. The largest absolute Gasteiger partial charge is 0.389 e. The fourth-order valence-corrected chi connectivity index (χ4v) is 1.64. The maximum Gasteiger partial charge on any atom is 0.176 e. The van der Waals surface area contributed by atoms with Gasteiger partial charge in [0.05, 0.1) is 12.6 Å². The molecule has 1 rings (SSSR count). The third-order valence-corrected chi connectivity index (χ3v) is 2.95. The van der Waals surface area contributed by atoms with Crippen LogP contribution in [0.1, 0.15) is 22.0 Å². The third-order valence-electron chi connectivity index (χ3n) is 2.28. The molecule has 0 saturated carbocycles. The monoisotopic (exact) mass is 287 g/mol. The highest BCUT2D eigenvalue weighted by atomic mass is 79.9. The van der Waals surface area contributed by atoms with Gasteiger partial charge in [0.1, 0.15) is 6.10 Å². The van der Waals surface area contributed by atoms with Crippen LogP contribution in [0, 0.1) is 0 Å². The van der Waals surface area contributed by atoms with Crippen LogP contribution in [0.5, 0.6) is 0 Å². The van der Waals surface area contributed by atoms with Gasteiger partial charge < -0.3 is 15.9 Å². The number of benzene rings is 1. The van der Waals surface area contributed by atoms with Gasteiger partial charge in [-0.15, -0.1) is 0 Å². The Bertz CT molecular complexity index is 353. The lowest BCUT2D eigenvalue weighted by Crippen LogP contribution is -2.19. The molecule has 0 heterocycles. The highest BCUT2D eigenvalue weighted by molar-refractivity contribution is 9.09. The highest BCUT2D eigenvalue weighted by Crippen LogP contribution is 2.18. The Hall–Kier alpha value is -0.750. The number of carbonyl (C=O) groups excluding carboxylic acids is 1. The summed E-state index contributed by atoms with van der Waals surface area (Å²) in [5.41, 5.74) is 6.30. The van der Waals surface area contributed by atoms with Crippen LogP contribution in [0.2, 0.25) is 0 Å². The van der Waals surface area contributed by atoms with E-state index in [4.69, 9.17) is 5.73 Å². The Kier molecular flexibility index (Phi) is 5.08. The summed E-state index contributed by atoms with van der Waals surface area (Å²) < 4.78 is 0. The van der Waals surface area contributed by atoms with Crippen molar-refractivity contribution in [2.45, 2.75) is 12.2 Å². The number of aliphatic hydroxyl groups excluding tert-OH is 2. The van der Waals surface area contributed by atoms with Crippen LogP contribution in [0.15, 0.2) is 24.3 Å². The van der Waals surface area contributed by atoms with Crippen molar-refractivity contribution in [3.05, 3.63) is 35.4 Å². The van der Waals surface area contributed by atoms with Crippen LogP contribution in [0.3, 0.4) is 0 Å². The molecule has 2 unspecified atom stereocenters. The van der Waals surface area contributed by atoms with Crippen LogP contribution in [0.4, 0.5) is 0 Å². The molecule has 1 aromatic carbocycles. The quantitative estimate of drug-likeness (QED) is 0.548. The molecule has 0 amide bonds. The molecule has 16 heavy (non-hydrogen) atoms. The summed E-state index contributed by atoms with van der Waals surface area (Å²) >= 11 is 3.08. The summed E-state index contributed by atoms with van der Waals surface area (Å²) in [6.07, 6.45) is -1.82. The third kappa shape index (κ3) is 3.12. The Labute approximate surface area is 102 Å². The average molecular weight is 288 g/mol. The smallest absolute Gasteiger partial charge is 0.176 e. The van der Waals surface area contributed by atoms with Crippen molar-refractivity contribution in [2.75, 3.05) is 11.9 Å². The maximum absolute atomic E-state index is 11.2. The second kappa shape index (κ2) is 6.10. The zero-order valence-electron chi connectivity index (χ0n) is 8.64. The summed E-state index contributed by atoms with van der Waals surface area (Å²) in [4.78, 5) is 11.2. The van der Waals surface area contributed by atoms with Gasteiger partial charge in [-0.25, -0.2) is 0 Å². The van der Waals surface area contributed by atoms with E-state index in [9.17, 15) is 15.0 Å². The summed E-state index contributed by atoms with van der Waals surface area (Å²) in [6, 6.07) is 6.41. The van der Waals surface area contributed by atoms with E-state index in [2.05, 4.69) is 15.9 Å². The second-order valence-corrected chi connectivity index (χ2v) is 4.06. The number of aliphatic hydroxyl groups is 2. The Morgan fingerprint density at radius 3 is 2.31 bits per heavy atom. The zero-order chi connectivity index (χ0) is 12.1. The van der Waals surface area contributed by atoms with Gasteiger partial charge in [-0.2, -0.15) is 0 Å². The van der Waals surface area contributed by atoms with Crippen LogP contribution in [-0.2, 0) is 0 Å². The first kappa shape index (κ1) is 13.3. The van der Waals surface area contributed by atoms with E-state index in [-0.39, 0.29) is 17.7 Å². The molecule has 0 aliphatic heterocycles. The van der Waals surface area contributed by atoms with Crippen molar-refractivity contribution >= 4 is 21.7 Å². The van der Waals surface area contributed by atoms with Crippen molar-refractivity contribution in [3.8, 4) is 0 Å². The van der Waals surface area contributed by atoms with Gasteiger partial charge in [-0.3, -0.25) is 4.79 Å². The maximum atomic E-state index is 11.2. The van der Waals surface area contributed by atoms with Gasteiger partial charge in [-0.05, 0) is 5.56 Å². The lowest BCUT2D eigenvalue weighted by molar-refractivity contribution is 0.0342. The van der Waals surface area contributed by atoms with Crippen LogP contribution < -0.4 is 5.73 Å². The molecular formula is C11H14BrNO3. The van der Waals surface area contributed by atoms with E-state index in [0.717, 1.165) is 0 Å². The number of hydrogen-bond acceptors (Lipinski definition) is 4. The molecule has 1 aromatic rings. The molecule has 5 heteroatoms. The molecule has 4 N–H and O–H groups in total. The number of rotatable bonds is 5. The molecule has 0 saturated heterocycles. The summed E-state index contributed by atoms with van der Waals surface area (Å²) in [5, 5.41) is 19.4. The number of halogens is 1. The molecule has 0 aliphatic rings. The van der Waals surface area contributed by atoms with Gasteiger partial charge >= 0.3 is 0 Å². The minimum atomic E-state index is -0.957. The van der Waals surface area contributed by atoms with E-state index in [1.54, 1.807) is 24.3 Å². The predicted octanol–water partition coefficient (Wildman–Crippen LogP) is 0.617. The summed E-state index contributed by atoms with van der Waals surface area (Å²) in [5.74, 6) is -0.151. The van der Waals surface area contributed by atoms with Crippen LogP contribution in [0.25, 0.3) is 0 Å². The average Bonchev–Trinajstić information content (AvgIpc) is 2.36. The van der Waals surface area contributed by atoms with Crippen LogP contribution >= 0.6 is 15.9 Å².